The highest BCUT2D eigenvalue weighted by Gasteiger charge is 2.25. The van der Waals surface area contributed by atoms with E-state index in [1.54, 1.807) is 11.3 Å². The quantitative estimate of drug-likeness (QED) is 0.784. The summed E-state index contributed by atoms with van der Waals surface area (Å²) in [6.07, 6.45) is 4.83. The first-order valence-corrected chi connectivity index (χ1v) is 7.23. The van der Waals surface area contributed by atoms with Crippen molar-refractivity contribution in [3.8, 4) is 0 Å². The Hall–Kier alpha value is -0.830. The number of aryl methyl sites for hydroxylation is 1. The third-order valence-electron chi connectivity index (χ3n) is 3.80. The molecule has 2 rings (SSSR count). The van der Waals surface area contributed by atoms with Gasteiger partial charge in [-0.1, -0.05) is 6.92 Å². The summed E-state index contributed by atoms with van der Waals surface area (Å²) < 4.78 is 0. The molecule has 0 atom stereocenters. The molecule has 0 spiro atoms. The first-order chi connectivity index (χ1) is 8.08. The number of carbonyl (C=O) groups excluding carboxylic acids is 1. The highest BCUT2D eigenvalue weighted by Crippen LogP contribution is 2.28. The van der Waals surface area contributed by atoms with Crippen molar-refractivity contribution in [1.29, 1.82) is 0 Å². The highest BCUT2D eigenvalue weighted by atomic mass is 32.1. The second-order valence-corrected chi connectivity index (χ2v) is 6.53. The van der Waals surface area contributed by atoms with Crippen LogP contribution in [0.1, 0.15) is 47.2 Å². The van der Waals surface area contributed by atoms with E-state index >= 15 is 0 Å². The molecule has 0 aromatic carbocycles. The second-order valence-electron chi connectivity index (χ2n) is 5.24. The van der Waals surface area contributed by atoms with Gasteiger partial charge in [-0.25, -0.2) is 0 Å². The highest BCUT2D eigenvalue weighted by molar-refractivity contribution is 7.13. The van der Waals surface area contributed by atoms with Gasteiger partial charge < -0.3 is 4.90 Å². The SMILES string of the molecule is Cc1ccc(C(=O)N(C)C2CCC(C)CC2)s1. The molecule has 1 aromatic rings. The number of carbonyl (C=O) groups is 1. The van der Waals surface area contributed by atoms with Gasteiger partial charge in [-0.05, 0) is 50.7 Å². The van der Waals surface area contributed by atoms with Gasteiger partial charge in [0.25, 0.3) is 5.91 Å². The van der Waals surface area contributed by atoms with Gasteiger partial charge in [0.15, 0.2) is 0 Å². The Morgan fingerprint density at radius 3 is 2.47 bits per heavy atom. The second kappa shape index (κ2) is 5.21. The minimum atomic E-state index is 0.197. The van der Waals surface area contributed by atoms with Gasteiger partial charge in [0.1, 0.15) is 0 Å². The first-order valence-electron chi connectivity index (χ1n) is 6.41. The van der Waals surface area contributed by atoms with Crippen LogP contribution in [0.2, 0.25) is 0 Å². The Morgan fingerprint density at radius 2 is 1.94 bits per heavy atom. The maximum absolute atomic E-state index is 12.3. The van der Waals surface area contributed by atoms with Crippen LogP contribution in [-0.4, -0.2) is 23.9 Å². The van der Waals surface area contributed by atoms with Crippen LogP contribution >= 0.6 is 11.3 Å². The summed E-state index contributed by atoms with van der Waals surface area (Å²) >= 11 is 1.60. The van der Waals surface area contributed by atoms with Gasteiger partial charge in [-0.3, -0.25) is 4.79 Å². The van der Waals surface area contributed by atoms with E-state index < -0.39 is 0 Å². The molecule has 17 heavy (non-hydrogen) atoms. The molecule has 1 aliphatic carbocycles. The van der Waals surface area contributed by atoms with Crippen LogP contribution in [0.25, 0.3) is 0 Å². The molecule has 1 saturated carbocycles. The molecular formula is C14H21NOS. The van der Waals surface area contributed by atoms with E-state index in [0.29, 0.717) is 6.04 Å². The molecule has 2 nitrogen and oxygen atoms in total. The van der Waals surface area contributed by atoms with Gasteiger partial charge in [-0.15, -0.1) is 11.3 Å². The Kier molecular flexibility index (Phi) is 3.87. The van der Waals surface area contributed by atoms with Crippen molar-refractivity contribution in [2.24, 2.45) is 5.92 Å². The summed E-state index contributed by atoms with van der Waals surface area (Å²) in [5, 5.41) is 0. The molecule has 1 aliphatic rings. The molecular weight excluding hydrogens is 230 g/mol. The van der Waals surface area contributed by atoms with Crippen molar-refractivity contribution < 1.29 is 4.79 Å². The maximum atomic E-state index is 12.3. The number of hydrogen-bond donors (Lipinski definition) is 0. The van der Waals surface area contributed by atoms with Gasteiger partial charge in [-0.2, -0.15) is 0 Å². The third-order valence-corrected chi connectivity index (χ3v) is 4.79. The van der Waals surface area contributed by atoms with Gasteiger partial charge >= 0.3 is 0 Å². The standard InChI is InChI=1S/C14H21NOS/c1-10-4-7-12(8-5-10)15(3)14(16)13-9-6-11(2)17-13/h6,9-10,12H,4-5,7-8H2,1-3H3. The molecule has 1 fully saturated rings. The normalized spacial score (nSPS) is 24.6. The lowest BCUT2D eigenvalue weighted by molar-refractivity contribution is 0.0684. The summed E-state index contributed by atoms with van der Waals surface area (Å²) in [7, 11) is 1.96. The molecule has 1 aromatic heterocycles. The molecule has 0 bridgehead atoms. The van der Waals surface area contributed by atoms with Gasteiger partial charge in [0.05, 0.1) is 4.88 Å². The van der Waals surface area contributed by atoms with Gasteiger partial charge in [0, 0.05) is 18.0 Å². The van der Waals surface area contributed by atoms with E-state index in [4.69, 9.17) is 0 Å². The summed E-state index contributed by atoms with van der Waals surface area (Å²) in [5.41, 5.74) is 0. The lowest BCUT2D eigenvalue weighted by atomic mass is 9.87. The van der Waals surface area contributed by atoms with Crippen molar-refractivity contribution in [2.45, 2.75) is 45.6 Å². The van der Waals surface area contributed by atoms with Crippen LogP contribution in [0.3, 0.4) is 0 Å². The average Bonchev–Trinajstić information content (AvgIpc) is 2.75. The zero-order chi connectivity index (χ0) is 12.4. The van der Waals surface area contributed by atoms with E-state index in [2.05, 4.69) is 6.92 Å². The Morgan fingerprint density at radius 1 is 1.29 bits per heavy atom. The third kappa shape index (κ3) is 2.89. The predicted molar refractivity (Wildman–Crippen MR) is 72.6 cm³/mol. The molecule has 0 radical (unpaired) electrons. The van der Waals surface area contributed by atoms with Crippen LogP contribution in [0.15, 0.2) is 12.1 Å². The van der Waals surface area contributed by atoms with Crippen molar-refractivity contribution in [2.75, 3.05) is 7.05 Å². The maximum Gasteiger partial charge on any atom is 0.263 e. The number of rotatable bonds is 2. The predicted octanol–water partition coefficient (Wildman–Crippen LogP) is 3.71. The molecule has 3 heteroatoms. The molecule has 1 heterocycles. The van der Waals surface area contributed by atoms with E-state index in [9.17, 15) is 4.79 Å². The Balaban J connectivity index is 2.00. The molecule has 0 unspecified atom stereocenters. The zero-order valence-electron chi connectivity index (χ0n) is 10.9. The van der Waals surface area contributed by atoms with Crippen LogP contribution in [0.4, 0.5) is 0 Å². The topological polar surface area (TPSA) is 20.3 Å². The van der Waals surface area contributed by atoms with E-state index in [0.717, 1.165) is 23.6 Å². The van der Waals surface area contributed by atoms with Gasteiger partial charge in [0.2, 0.25) is 0 Å². The fourth-order valence-electron chi connectivity index (χ4n) is 2.52. The summed E-state index contributed by atoms with van der Waals surface area (Å²) in [6, 6.07) is 4.42. The zero-order valence-corrected chi connectivity index (χ0v) is 11.7. The fourth-order valence-corrected chi connectivity index (χ4v) is 3.37. The first kappa shape index (κ1) is 12.6. The van der Waals surface area contributed by atoms with Crippen LogP contribution in [0.5, 0.6) is 0 Å². The minimum absolute atomic E-state index is 0.197. The van der Waals surface area contributed by atoms with Crippen LogP contribution < -0.4 is 0 Å². The number of nitrogens with zero attached hydrogens (tertiary/aromatic N) is 1. The molecule has 0 saturated heterocycles. The summed E-state index contributed by atoms with van der Waals surface area (Å²) in [5.74, 6) is 1.03. The van der Waals surface area contributed by atoms with Crippen molar-refractivity contribution >= 4 is 17.2 Å². The van der Waals surface area contributed by atoms with Crippen LogP contribution in [0, 0.1) is 12.8 Å². The van der Waals surface area contributed by atoms with E-state index in [-0.39, 0.29) is 5.91 Å². The van der Waals surface area contributed by atoms with E-state index in [1.165, 1.54) is 17.7 Å². The minimum Gasteiger partial charge on any atom is -0.338 e. The van der Waals surface area contributed by atoms with Crippen molar-refractivity contribution in [3.63, 3.8) is 0 Å². The van der Waals surface area contributed by atoms with Crippen molar-refractivity contribution in [3.05, 3.63) is 21.9 Å². The van der Waals surface area contributed by atoms with Crippen molar-refractivity contribution in [1.82, 2.24) is 4.90 Å². The molecule has 94 valence electrons. The van der Waals surface area contributed by atoms with E-state index in [1.807, 2.05) is 31.0 Å². The number of hydrogen-bond acceptors (Lipinski definition) is 2. The summed E-state index contributed by atoms with van der Waals surface area (Å²) in [4.78, 5) is 16.3. The smallest absolute Gasteiger partial charge is 0.263 e. The fraction of sp³-hybridized carbons (Fsp3) is 0.643. The summed E-state index contributed by atoms with van der Waals surface area (Å²) in [6.45, 7) is 4.35. The molecule has 1 amide bonds. The van der Waals surface area contributed by atoms with Crippen LogP contribution in [-0.2, 0) is 0 Å². The lowest BCUT2D eigenvalue weighted by Gasteiger charge is -2.33. The monoisotopic (exact) mass is 251 g/mol. The lowest BCUT2D eigenvalue weighted by Crippen LogP contribution is -2.38. The number of thiophene rings is 1. The Labute approximate surface area is 108 Å². The average molecular weight is 251 g/mol. The molecule has 0 aliphatic heterocycles. The Bertz CT molecular complexity index is 391. The number of amides is 1. The molecule has 0 N–H and O–H groups in total. The largest absolute Gasteiger partial charge is 0.338 e.